The van der Waals surface area contributed by atoms with Crippen molar-refractivity contribution in [2.75, 3.05) is 28.4 Å². The molecule has 0 spiro atoms. The Morgan fingerprint density at radius 1 is 0.722 bits per heavy atom. The number of hydrogen-bond acceptors (Lipinski definition) is 13. The molecule has 13 heteroatoms. The van der Waals surface area contributed by atoms with Gasteiger partial charge >= 0.3 is 11.9 Å². The van der Waals surface area contributed by atoms with Crippen molar-refractivity contribution >= 4 is 50.8 Å². The van der Waals surface area contributed by atoms with E-state index in [0.29, 0.717) is 44.0 Å². The average molecular weight is 743 g/mol. The highest BCUT2D eigenvalue weighted by Gasteiger charge is 2.40. The zero-order chi connectivity index (χ0) is 39.2. The number of ketones is 1. The molecule has 54 heavy (non-hydrogen) atoms. The highest BCUT2D eigenvalue weighted by atomic mass is 16.5. The molecule has 4 aromatic carbocycles. The smallest absolute Gasteiger partial charge is 0.338 e. The number of methoxy groups -OCH3 is 4. The zero-order valence-electron chi connectivity index (χ0n) is 30.9. The summed E-state index contributed by atoms with van der Waals surface area (Å²) >= 11 is 0. The number of carbonyl (C=O) groups excluding carboxylic acids is 3. The molecule has 0 amide bonds. The van der Waals surface area contributed by atoms with E-state index in [1.165, 1.54) is 47.5 Å². The van der Waals surface area contributed by atoms with Gasteiger partial charge in [-0.15, -0.1) is 0 Å². The number of aliphatic hydroxyl groups is 2. The zero-order valence-corrected chi connectivity index (χ0v) is 30.9. The third kappa shape index (κ3) is 6.32. The molecule has 0 saturated heterocycles. The van der Waals surface area contributed by atoms with E-state index >= 15 is 0 Å². The van der Waals surface area contributed by atoms with Crippen LogP contribution in [0.4, 0.5) is 0 Å². The lowest BCUT2D eigenvalue weighted by Gasteiger charge is -2.32. The Labute approximate surface area is 310 Å². The lowest BCUT2D eigenvalue weighted by molar-refractivity contribution is -0.150. The van der Waals surface area contributed by atoms with Gasteiger partial charge in [0.25, 0.3) is 0 Å². The monoisotopic (exact) mass is 742 g/mol. The minimum absolute atomic E-state index is 0.0322. The van der Waals surface area contributed by atoms with Crippen LogP contribution in [0.15, 0.2) is 42.5 Å². The van der Waals surface area contributed by atoms with Crippen molar-refractivity contribution < 1.29 is 63.2 Å². The molecular weight excluding hydrogens is 700 g/mol. The molecule has 0 aromatic heterocycles. The summed E-state index contributed by atoms with van der Waals surface area (Å²) in [6.07, 6.45) is -1.77. The Morgan fingerprint density at radius 2 is 1.28 bits per heavy atom. The number of ether oxygens (including phenoxy) is 6. The molecule has 2 unspecified atom stereocenters. The number of phenols is 2. The maximum absolute atomic E-state index is 14.0. The Balaban J connectivity index is 1.78. The molecular formula is C41H42O13. The lowest BCUT2D eigenvalue weighted by atomic mass is 9.75. The summed E-state index contributed by atoms with van der Waals surface area (Å²) in [5.41, 5.74) is 1.60. The Bertz CT molecular complexity index is 2250. The third-order valence-corrected chi connectivity index (χ3v) is 9.64. The van der Waals surface area contributed by atoms with Crippen molar-refractivity contribution in [1.82, 2.24) is 0 Å². The number of carbonyl (C=O) groups is 3. The van der Waals surface area contributed by atoms with Gasteiger partial charge in [0, 0.05) is 57.5 Å². The molecule has 4 aromatic rings. The summed E-state index contributed by atoms with van der Waals surface area (Å²) in [7, 11) is 5.47. The fraction of sp³-hybridized carbons (Fsp3) is 0.341. The van der Waals surface area contributed by atoms with Crippen LogP contribution in [0, 0.1) is 0 Å². The molecule has 0 fully saturated rings. The maximum atomic E-state index is 14.0. The Morgan fingerprint density at radius 3 is 1.85 bits per heavy atom. The Hall–Kier alpha value is -5.79. The summed E-state index contributed by atoms with van der Waals surface area (Å²) in [4.78, 5) is 39.9. The summed E-state index contributed by atoms with van der Waals surface area (Å²) < 4.78 is 34.8. The molecule has 2 aliphatic carbocycles. The summed E-state index contributed by atoms with van der Waals surface area (Å²) in [6.45, 7) is 4.77. The largest absolute Gasteiger partial charge is 0.504 e. The van der Waals surface area contributed by atoms with E-state index in [4.69, 9.17) is 28.4 Å². The third-order valence-electron chi connectivity index (χ3n) is 9.64. The van der Waals surface area contributed by atoms with Crippen LogP contribution in [0.5, 0.6) is 23.0 Å². The number of esters is 2. The first-order valence-corrected chi connectivity index (χ1v) is 17.3. The molecule has 0 saturated carbocycles. The number of rotatable bonds is 13. The molecule has 2 aliphatic rings. The van der Waals surface area contributed by atoms with Crippen molar-refractivity contribution in [2.24, 2.45) is 0 Å². The Kier molecular flexibility index (Phi) is 10.5. The standard InChI is InChI=1S/C41H42O13/c1-18(42)13-28(45)53-19(2)14-22-29-30-23(15-20(3)54-41(48)21-11-9-8-10-12-21)40(52-7)38(47)32-25(44)17-27(50-5)34(36(30)32)33-26(49-4)16-24(43)31(35(29)33)37(46)39(22)51-6/h8-12,16-20,25,42,44,46-47H,13-15H2,1-7H3/t18?,19-,20-,25?/m1/s1. The average Bonchev–Trinajstić information content (AvgIpc) is 3.12. The molecule has 13 nitrogen and oxygen atoms in total. The highest BCUT2D eigenvalue weighted by Crippen LogP contribution is 2.58. The van der Waals surface area contributed by atoms with Crippen LogP contribution < -0.4 is 9.47 Å². The van der Waals surface area contributed by atoms with E-state index in [-0.39, 0.29) is 64.5 Å². The van der Waals surface area contributed by atoms with E-state index in [1.807, 2.05) is 0 Å². The van der Waals surface area contributed by atoms with Gasteiger partial charge in [-0.2, -0.15) is 0 Å². The quantitative estimate of drug-likeness (QED) is 0.0970. The first-order valence-electron chi connectivity index (χ1n) is 17.3. The van der Waals surface area contributed by atoms with E-state index in [1.54, 1.807) is 44.2 Å². The summed E-state index contributed by atoms with van der Waals surface area (Å²) in [6, 6.07) is 8.44. The number of allylic oxidation sites excluding steroid dienone is 1. The lowest BCUT2D eigenvalue weighted by Crippen LogP contribution is -2.22. The van der Waals surface area contributed by atoms with Gasteiger partial charge in [0.05, 0.1) is 52.1 Å². The second-order valence-electron chi connectivity index (χ2n) is 13.4. The molecule has 4 atom stereocenters. The summed E-state index contributed by atoms with van der Waals surface area (Å²) in [5.74, 6) is -2.49. The van der Waals surface area contributed by atoms with Crippen molar-refractivity contribution in [3.63, 3.8) is 0 Å². The van der Waals surface area contributed by atoms with Crippen molar-refractivity contribution in [3.8, 4) is 23.0 Å². The van der Waals surface area contributed by atoms with Crippen LogP contribution >= 0.6 is 0 Å². The second kappa shape index (κ2) is 14.9. The van der Waals surface area contributed by atoms with Gasteiger partial charge in [-0.05, 0) is 49.8 Å². The van der Waals surface area contributed by atoms with Crippen LogP contribution in [-0.2, 0) is 36.6 Å². The molecule has 0 heterocycles. The van der Waals surface area contributed by atoms with E-state index in [2.05, 4.69) is 0 Å². The van der Waals surface area contributed by atoms with Crippen LogP contribution in [0.2, 0.25) is 0 Å². The van der Waals surface area contributed by atoms with Gasteiger partial charge < -0.3 is 48.8 Å². The highest BCUT2D eigenvalue weighted by molar-refractivity contribution is 6.31. The predicted octanol–water partition coefficient (Wildman–Crippen LogP) is 5.67. The number of hydrogen-bond donors (Lipinski definition) is 4. The normalized spacial score (nSPS) is 16.2. The van der Waals surface area contributed by atoms with Crippen molar-refractivity contribution in [1.29, 1.82) is 0 Å². The minimum atomic E-state index is -1.40. The number of aliphatic hydroxyl groups excluding tert-OH is 2. The van der Waals surface area contributed by atoms with Gasteiger partial charge in [0.1, 0.15) is 29.8 Å². The van der Waals surface area contributed by atoms with E-state index < -0.39 is 47.9 Å². The van der Waals surface area contributed by atoms with Crippen LogP contribution in [-0.4, -0.2) is 84.9 Å². The van der Waals surface area contributed by atoms with Crippen molar-refractivity contribution in [2.45, 2.75) is 64.4 Å². The first-order chi connectivity index (χ1) is 25.8. The fourth-order valence-electron chi connectivity index (χ4n) is 7.61. The van der Waals surface area contributed by atoms with Crippen molar-refractivity contribution in [3.05, 3.63) is 81.4 Å². The van der Waals surface area contributed by atoms with E-state index in [0.717, 1.165) is 0 Å². The van der Waals surface area contributed by atoms with Crippen LogP contribution in [0.1, 0.15) is 81.8 Å². The first kappa shape index (κ1) is 38.0. The predicted molar refractivity (Wildman–Crippen MR) is 198 cm³/mol. The number of aromatic hydroxyl groups is 2. The maximum Gasteiger partial charge on any atom is 0.338 e. The second-order valence-corrected chi connectivity index (χ2v) is 13.4. The number of fused-ring (bicyclic) bond motifs is 2. The number of phenolic OH excluding ortho intramolecular Hbond substituents is 2. The molecule has 0 aliphatic heterocycles. The van der Waals surface area contributed by atoms with Gasteiger partial charge in [-0.1, -0.05) is 18.2 Å². The molecule has 0 bridgehead atoms. The van der Waals surface area contributed by atoms with Gasteiger partial charge in [-0.3, -0.25) is 9.59 Å². The molecule has 4 N–H and O–H groups in total. The van der Waals surface area contributed by atoms with Gasteiger partial charge in [-0.25, -0.2) is 4.79 Å². The SMILES string of the molecule is COC1=CC(=O)c2c(O)c(OC)c(C[C@@H](C)OC(=O)CC(C)O)c3c2c1c1c2c(c(O)c(OC)c(C[C@@H](C)OC(=O)c4ccccc4)c23)C(O)C=C1OC. The molecule has 0 radical (unpaired) electrons. The topological polar surface area (TPSA) is 188 Å². The van der Waals surface area contributed by atoms with E-state index in [9.17, 15) is 34.8 Å². The van der Waals surface area contributed by atoms with Crippen LogP contribution in [0.25, 0.3) is 33.1 Å². The fourth-order valence-corrected chi connectivity index (χ4v) is 7.61. The number of benzene rings is 4. The van der Waals surface area contributed by atoms with Gasteiger partial charge in [0.15, 0.2) is 28.8 Å². The van der Waals surface area contributed by atoms with Crippen LogP contribution in [0.3, 0.4) is 0 Å². The minimum Gasteiger partial charge on any atom is -0.504 e. The summed E-state index contributed by atoms with van der Waals surface area (Å²) in [5, 5.41) is 46.4. The van der Waals surface area contributed by atoms with Gasteiger partial charge in [0.2, 0.25) is 0 Å². The molecule has 284 valence electrons. The molecule has 6 rings (SSSR count).